The van der Waals surface area contributed by atoms with E-state index in [0.29, 0.717) is 0 Å². The molecule has 0 unspecified atom stereocenters. The van der Waals surface area contributed by atoms with Gasteiger partial charge in [0.25, 0.3) is 0 Å². The van der Waals surface area contributed by atoms with Crippen LogP contribution in [-0.2, 0) is 14.4 Å². The minimum absolute atomic E-state index is 0.0257. The molecule has 0 saturated heterocycles. The normalized spacial score (nSPS) is 15.3. The SMILES string of the molecule is C[C@H](N)C(=O)N[C@@H](CS)C(=O)N[C@@H](CO)C(=O)O. The third-order valence-corrected chi connectivity index (χ3v) is 2.39. The van der Waals surface area contributed by atoms with Gasteiger partial charge in [0.1, 0.15) is 12.1 Å². The number of amides is 2. The third kappa shape index (κ3) is 5.34. The summed E-state index contributed by atoms with van der Waals surface area (Å²) in [6.07, 6.45) is 0. The van der Waals surface area contributed by atoms with E-state index < -0.39 is 42.5 Å². The molecule has 2 amide bonds. The first-order chi connectivity index (χ1) is 8.33. The molecule has 6 N–H and O–H groups in total. The number of hydrogen-bond donors (Lipinski definition) is 6. The molecule has 0 bridgehead atoms. The Bertz CT molecular complexity index is 323. The Morgan fingerprint density at radius 2 is 1.72 bits per heavy atom. The van der Waals surface area contributed by atoms with Crippen LogP contribution in [0.2, 0.25) is 0 Å². The molecule has 0 radical (unpaired) electrons. The highest BCUT2D eigenvalue weighted by molar-refractivity contribution is 7.80. The van der Waals surface area contributed by atoms with Crippen molar-refractivity contribution < 1.29 is 24.6 Å². The van der Waals surface area contributed by atoms with Crippen molar-refractivity contribution in [2.75, 3.05) is 12.4 Å². The third-order valence-electron chi connectivity index (χ3n) is 2.03. The lowest BCUT2D eigenvalue weighted by Crippen LogP contribution is -2.55. The van der Waals surface area contributed by atoms with Gasteiger partial charge in [0.15, 0.2) is 0 Å². The number of carboxylic acids is 1. The molecular weight excluding hydrogens is 262 g/mol. The van der Waals surface area contributed by atoms with E-state index in [0.717, 1.165) is 0 Å². The number of nitrogens with one attached hydrogen (secondary N) is 2. The Kier molecular flexibility index (Phi) is 7.32. The molecule has 0 aromatic rings. The number of carbonyl (C=O) groups is 3. The average Bonchev–Trinajstić information content (AvgIpc) is 2.31. The van der Waals surface area contributed by atoms with Gasteiger partial charge in [-0.05, 0) is 6.92 Å². The first kappa shape index (κ1) is 16.7. The van der Waals surface area contributed by atoms with Crippen molar-refractivity contribution in [1.29, 1.82) is 0 Å². The number of carboxylic acid groups (broad SMARTS) is 1. The number of nitrogens with two attached hydrogens (primary N) is 1. The predicted molar refractivity (Wildman–Crippen MR) is 66.1 cm³/mol. The highest BCUT2D eigenvalue weighted by Crippen LogP contribution is 1.93. The van der Waals surface area contributed by atoms with Crippen molar-refractivity contribution in [2.24, 2.45) is 5.73 Å². The molecular formula is C9H17N3O5S. The number of aliphatic carboxylic acids is 1. The first-order valence-electron chi connectivity index (χ1n) is 5.14. The summed E-state index contributed by atoms with van der Waals surface area (Å²) in [5.74, 6) is -2.70. The number of thiol groups is 1. The summed E-state index contributed by atoms with van der Waals surface area (Å²) in [4.78, 5) is 33.5. The molecule has 0 rings (SSSR count). The molecule has 8 nitrogen and oxygen atoms in total. The number of aliphatic hydroxyl groups excluding tert-OH is 1. The smallest absolute Gasteiger partial charge is 0.328 e. The van der Waals surface area contributed by atoms with Crippen LogP contribution < -0.4 is 16.4 Å². The van der Waals surface area contributed by atoms with Crippen LogP contribution in [-0.4, -0.2) is 58.5 Å². The monoisotopic (exact) mass is 279 g/mol. The molecule has 0 aromatic carbocycles. The van der Waals surface area contributed by atoms with Crippen LogP contribution in [0.5, 0.6) is 0 Å². The molecule has 0 aromatic heterocycles. The Hall–Kier alpha value is -1.32. The number of hydrogen-bond acceptors (Lipinski definition) is 6. The molecule has 104 valence electrons. The second-order valence-corrected chi connectivity index (χ2v) is 3.98. The highest BCUT2D eigenvalue weighted by atomic mass is 32.1. The lowest BCUT2D eigenvalue weighted by atomic mass is 10.2. The van der Waals surface area contributed by atoms with Gasteiger partial charge < -0.3 is 26.6 Å². The maximum atomic E-state index is 11.6. The van der Waals surface area contributed by atoms with Gasteiger partial charge in [-0.1, -0.05) is 0 Å². The summed E-state index contributed by atoms with van der Waals surface area (Å²) in [6, 6.07) is -3.24. The maximum Gasteiger partial charge on any atom is 0.328 e. The summed E-state index contributed by atoms with van der Waals surface area (Å²) in [5, 5.41) is 21.8. The Morgan fingerprint density at radius 3 is 2.06 bits per heavy atom. The summed E-state index contributed by atoms with van der Waals surface area (Å²) < 4.78 is 0. The van der Waals surface area contributed by atoms with Crippen LogP contribution in [0.15, 0.2) is 0 Å². The molecule has 9 heteroatoms. The lowest BCUT2D eigenvalue weighted by Gasteiger charge is -2.19. The molecule has 0 aliphatic rings. The number of aliphatic hydroxyl groups is 1. The fraction of sp³-hybridized carbons (Fsp3) is 0.667. The zero-order chi connectivity index (χ0) is 14.3. The minimum Gasteiger partial charge on any atom is -0.480 e. The number of carbonyl (C=O) groups excluding carboxylic acids is 2. The van der Waals surface area contributed by atoms with E-state index in [1.165, 1.54) is 6.92 Å². The summed E-state index contributed by atoms with van der Waals surface area (Å²) in [7, 11) is 0. The van der Waals surface area contributed by atoms with Gasteiger partial charge in [-0.15, -0.1) is 0 Å². The van der Waals surface area contributed by atoms with Crippen molar-refractivity contribution in [3.8, 4) is 0 Å². The van der Waals surface area contributed by atoms with Gasteiger partial charge in [0.05, 0.1) is 12.6 Å². The van der Waals surface area contributed by atoms with E-state index in [1.54, 1.807) is 0 Å². The van der Waals surface area contributed by atoms with E-state index in [9.17, 15) is 14.4 Å². The van der Waals surface area contributed by atoms with E-state index in [1.807, 2.05) is 0 Å². The maximum absolute atomic E-state index is 11.6. The van der Waals surface area contributed by atoms with Gasteiger partial charge in [-0.25, -0.2) is 4.79 Å². The summed E-state index contributed by atoms with van der Waals surface area (Å²) >= 11 is 3.88. The van der Waals surface area contributed by atoms with Crippen LogP contribution in [0.4, 0.5) is 0 Å². The van der Waals surface area contributed by atoms with Crippen molar-refractivity contribution >= 4 is 30.4 Å². The fourth-order valence-electron chi connectivity index (χ4n) is 0.955. The van der Waals surface area contributed by atoms with Crippen molar-refractivity contribution in [3.05, 3.63) is 0 Å². The van der Waals surface area contributed by atoms with Gasteiger partial charge in [0, 0.05) is 5.75 Å². The lowest BCUT2D eigenvalue weighted by molar-refractivity contribution is -0.143. The molecule has 18 heavy (non-hydrogen) atoms. The highest BCUT2D eigenvalue weighted by Gasteiger charge is 2.25. The van der Waals surface area contributed by atoms with Crippen LogP contribution in [0.3, 0.4) is 0 Å². The Morgan fingerprint density at radius 1 is 1.22 bits per heavy atom. The van der Waals surface area contributed by atoms with Crippen LogP contribution in [0, 0.1) is 0 Å². The van der Waals surface area contributed by atoms with Crippen molar-refractivity contribution in [2.45, 2.75) is 25.0 Å². The molecule has 0 fully saturated rings. The molecule has 0 heterocycles. The van der Waals surface area contributed by atoms with Crippen LogP contribution in [0.1, 0.15) is 6.92 Å². The zero-order valence-electron chi connectivity index (χ0n) is 9.79. The van der Waals surface area contributed by atoms with Gasteiger partial charge >= 0.3 is 5.97 Å². The van der Waals surface area contributed by atoms with Gasteiger partial charge in [-0.3, -0.25) is 9.59 Å². The quantitative estimate of drug-likeness (QED) is 0.280. The van der Waals surface area contributed by atoms with E-state index in [2.05, 4.69) is 23.3 Å². The van der Waals surface area contributed by atoms with Crippen LogP contribution >= 0.6 is 12.6 Å². The molecule has 0 aliphatic heterocycles. The van der Waals surface area contributed by atoms with E-state index >= 15 is 0 Å². The standard InChI is InChI=1S/C9H17N3O5S/c1-4(10)7(14)12-6(3-18)8(15)11-5(2-13)9(16)17/h4-6,13,18H,2-3,10H2,1H3,(H,11,15)(H,12,14)(H,16,17)/t4-,5-,6-/m0/s1. The second-order valence-electron chi connectivity index (χ2n) is 3.61. The molecule has 0 aliphatic carbocycles. The van der Waals surface area contributed by atoms with Gasteiger partial charge in [-0.2, -0.15) is 12.6 Å². The van der Waals surface area contributed by atoms with Gasteiger partial charge in [0.2, 0.25) is 11.8 Å². The number of rotatable bonds is 7. The zero-order valence-corrected chi connectivity index (χ0v) is 10.7. The van der Waals surface area contributed by atoms with Crippen molar-refractivity contribution in [1.82, 2.24) is 10.6 Å². The Labute approximate surface area is 109 Å². The Balaban J connectivity index is 4.52. The van der Waals surface area contributed by atoms with Crippen molar-refractivity contribution in [3.63, 3.8) is 0 Å². The predicted octanol–water partition coefficient (Wildman–Crippen LogP) is -2.69. The minimum atomic E-state index is -1.42. The van der Waals surface area contributed by atoms with E-state index in [-0.39, 0.29) is 5.75 Å². The average molecular weight is 279 g/mol. The summed E-state index contributed by atoms with van der Waals surface area (Å²) in [6.45, 7) is 0.693. The molecule has 0 spiro atoms. The first-order valence-corrected chi connectivity index (χ1v) is 5.77. The van der Waals surface area contributed by atoms with E-state index in [4.69, 9.17) is 15.9 Å². The second kappa shape index (κ2) is 7.90. The summed E-state index contributed by atoms with van der Waals surface area (Å²) in [5.41, 5.74) is 5.31. The molecule has 3 atom stereocenters. The largest absolute Gasteiger partial charge is 0.480 e. The van der Waals surface area contributed by atoms with Crippen LogP contribution in [0.25, 0.3) is 0 Å². The topological polar surface area (TPSA) is 142 Å². The molecule has 0 saturated carbocycles. The fourth-order valence-corrected chi connectivity index (χ4v) is 1.21.